The maximum Gasteiger partial charge on any atom is 0.181 e. The predicted molar refractivity (Wildman–Crippen MR) is 83.0 cm³/mol. The van der Waals surface area contributed by atoms with E-state index >= 15 is 0 Å². The molecule has 6 heteroatoms. The summed E-state index contributed by atoms with van der Waals surface area (Å²) in [5, 5.41) is 12.3. The van der Waals surface area contributed by atoms with Crippen LogP contribution in [0.5, 0.6) is 11.5 Å². The van der Waals surface area contributed by atoms with E-state index in [-0.39, 0.29) is 25.6 Å². The molecule has 1 aromatic carbocycles. The average molecular weight is 320 g/mol. The van der Waals surface area contributed by atoms with Crippen LogP contribution < -0.4 is 14.8 Å². The molecule has 0 saturated carbocycles. The van der Waals surface area contributed by atoms with Crippen LogP contribution in [0.25, 0.3) is 0 Å². The van der Waals surface area contributed by atoms with Crippen molar-refractivity contribution >= 4 is 24.0 Å². The Morgan fingerprint density at radius 3 is 2.75 bits per heavy atom. The van der Waals surface area contributed by atoms with Gasteiger partial charge in [-0.15, -0.1) is 18.8 Å². The van der Waals surface area contributed by atoms with E-state index in [1.54, 1.807) is 6.07 Å². The van der Waals surface area contributed by atoms with Crippen LogP contribution in [-0.2, 0) is 6.54 Å². The maximum absolute atomic E-state index is 8.73. The number of benzene rings is 1. The van der Waals surface area contributed by atoms with E-state index in [1.165, 1.54) is 0 Å². The molecule has 0 fully saturated rings. The van der Waals surface area contributed by atoms with E-state index in [0.29, 0.717) is 36.2 Å². The number of hydrogen-bond acceptors (Lipinski definition) is 4. The van der Waals surface area contributed by atoms with E-state index in [0.717, 1.165) is 5.56 Å². The van der Waals surface area contributed by atoms with Gasteiger partial charge < -0.3 is 19.9 Å². The third-order valence-electron chi connectivity index (χ3n) is 2.29. The third kappa shape index (κ3) is 5.89. The summed E-state index contributed by atoms with van der Waals surface area (Å²) in [5.74, 6) is 3.43. The number of hydrogen-bond donors (Lipinski definition) is 2. The minimum atomic E-state index is 0. The number of aliphatic hydroxyl groups excluding tert-OH is 1. The van der Waals surface area contributed by atoms with Crippen molar-refractivity contribution in [2.75, 3.05) is 26.4 Å². The minimum absolute atomic E-state index is 0. The van der Waals surface area contributed by atoms with Crippen LogP contribution in [0.4, 0.5) is 0 Å². The molecule has 112 valence electrons. The van der Waals surface area contributed by atoms with Gasteiger partial charge in [-0.25, -0.2) is 0 Å². The lowest BCUT2D eigenvalue weighted by Crippen LogP contribution is -2.17. The molecule has 0 aliphatic carbocycles. The SMILES string of the molecule is C#CCOc1c(Cl)cc(CNCCO)cc1OCC.Cl. The van der Waals surface area contributed by atoms with Gasteiger partial charge in [0.05, 0.1) is 18.2 Å². The molecule has 1 aromatic rings. The standard InChI is InChI=1S/C14H18ClNO3.ClH/c1-3-7-19-14-12(15)8-11(10-16-5-6-17)9-13(14)18-4-2;/h1,8-9,16-17H,4-7,10H2,2H3;1H. The van der Waals surface area contributed by atoms with Gasteiger partial charge in [-0.2, -0.15) is 0 Å². The molecule has 0 bridgehead atoms. The van der Waals surface area contributed by atoms with Crippen molar-refractivity contribution in [3.05, 3.63) is 22.7 Å². The van der Waals surface area contributed by atoms with Crippen molar-refractivity contribution < 1.29 is 14.6 Å². The summed E-state index contributed by atoms with van der Waals surface area (Å²) in [7, 11) is 0. The molecule has 0 atom stereocenters. The smallest absolute Gasteiger partial charge is 0.181 e. The quantitative estimate of drug-likeness (QED) is 0.570. The zero-order valence-corrected chi connectivity index (χ0v) is 12.9. The number of nitrogens with one attached hydrogen (secondary N) is 1. The number of ether oxygens (including phenoxy) is 2. The molecule has 0 aliphatic heterocycles. The van der Waals surface area contributed by atoms with Crippen molar-refractivity contribution in [1.82, 2.24) is 5.32 Å². The Bertz CT molecular complexity index is 447. The van der Waals surface area contributed by atoms with Crippen LogP contribution in [0.15, 0.2) is 12.1 Å². The summed E-state index contributed by atoms with van der Waals surface area (Å²) in [6.07, 6.45) is 5.17. The highest BCUT2D eigenvalue weighted by atomic mass is 35.5. The Labute approximate surface area is 130 Å². The van der Waals surface area contributed by atoms with Gasteiger partial charge in [0.2, 0.25) is 0 Å². The van der Waals surface area contributed by atoms with Gasteiger partial charge in [0.25, 0.3) is 0 Å². The molecule has 0 spiro atoms. The molecule has 0 unspecified atom stereocenters. The molecule has 0 aromatic heterocycles. The van der Waals surface area contributed by atoms with E-state index in [9.17, 15) is 0 Å². The van der Waals surface area contributed by atoms with Crippen LogP contribution in [0, 0.1) is 12.3 Å². The van der Waals surface area contributed by atoms with Gasteiger partial charge in [-0.1, -0.05) is 17.5 Å². The lowest BCUT2D eigenvalue weighted by molar-refractivity contribution is 0.291. The highest BCUT2D eigenvalue weighted by Gasteiger charge is 2.12. The Hall–Kier alpha value is -1.12. The van der Waals surface area contributed by atoms with E-state index < -0.39 is 0 Å². The fraction of sp³-hybridized carbons (Fsp3) is 0.429. The van der Waals surface area contributed by atoms with Gasteiger partial charge in [0.15, 0.2) is 11.5 Å². The number of terminal acetylenes is 1. The Kier molecular flexibility index (Phi) is 10.0. The molecule has 4 nitrogen and oxygen atoms in total. The lowest BCUT2D eigenvalue weighted by atomic mass is 10.2. The summed E-state index contributed by atoms with van der Waals surface area (Å²) in [5.41, 5.74) is 0.954. The van der Waals surface area contributed by atoms with Crippen molar-refractivity contribution in [2.24, 2.45) is 0 Å². The molecular formula is C14H19Cl2NO3. The topological polar surface area (TPSA) is 50.7 Å². The summed E-state index contributed by atoms with van der Waals surface area (Å²) < 4.78 is 10.9. The average Bonchev–Trinajstić information content (AvgIpc) is 2.38. The van der Waals surface area contributed by atoms with Gasteiger partial charge in [0, 0.05) is 13.1 Å². The van der Waals surface area contributed by atoms with Gasteiger partial charge in [0.1, 0.15) is 6.61 Å². The predicted octanol–water partition coefficient (Wildman–Crippen LogP) is 2.25. The van der Waals surface area contributed by atoms with Crippen LogP contribution in [0.1, 0.15) is 12.5 Å². The van der Waals surface area contributed by atoms with Crippen molar-refractivity contribution in [1.29, 1.82) is 0 Å². The van der Waals surface area contributed by atoms with E-state index in [1.807, 2.05) is 13.0 Å². The van der Waals surface area contributed by atoms with Crippen molar-refractivity contribution in [3.63, 3.8) is 0 Å². The largest absolute Gasteiger partial charge is 0.490 e. The van der Waals surface area contributed by atoms with Gasteiger partial charge >= 0.3 is 0 Å². The highest BCUT2D eigenvalue weighted by Crippen LogP contribution is 2.36. The molecular weight excluding hydrogens is 301 g/mol. The molecule has 0 amide bonds. The Balaban J connectivity index is 0.00000361. The fourth-order valence-corrected chi connectivity index (χ4v) is 1.84. The van der Waals surface area contributed by atoms with Gasteiger partial charge in [-0.3, -0.25) is 0 Å². The number of aliphatic hydroxyl groups is 1. The van der Waals surface area contributed by atoms with Gasteiger partial charge in [-0.05, 0) is 24.6 Å². The molecule has 0 radical (unpaired) electrons. The first kappa shape index (κ1) is 18.9. The summed E-state index contributed by atoms with van der Waals surface area (Å²) in [4.78, 5) is 0. The second-order valence-corrected chi connectivity index (χ2v) is 4.14. The Morgan fingerprint density at radius 2 is 2.15 bits per heavy atom. The molecule has 0 aliphatic rings. The van der Waals surface area contributed by atoms with Crippen LogP contribution in [0.2, 0.25) is 5.02 Å². The summed E-state index contributed by atoms with van der Waals surface area (Å²) >= 11 is 6.17. The molecule has 1 rings (SSSR count). The van der Waals surface area contributed by atoms with E-state index in [2.05, 4.69) is 11.2 Å². The first-order valence-corrected chi connectivity index (χ1v) is 6.43. The Morgan fingerprint density at radius 1 is 1.40 bits per heavy atom. The monoisotopic (exact) mass is 319 g/mol. The van der Waals surface area contributed by atoms with E-state index in [4.69, 9.17) is 32.6 Å². The maximum atomic E-state index is 8.73. The second-order valence-electron chi connectivity index (χ2n) is 3.73. The van der Waals surface area contributed by atoms with Crippen LogP contribution in [-0.4, -0.2) is 31.5 Å². The third-order valence-corrected chi connectivity index (χ3v) is 2.57. The minimum Gasteiger partial charge on any atom is -0.490 e. The first-order valence-electron chi connectivity index (χ1n) is 6.06. The zero-order valence-electron chi connectivity index (χ0n) is 11.3. The van der Waals surface area contributed by atoms with Crippen molar-refractivity contribution in [3.8, 4) is 23.8 Å². The lowest BCUT2D eigenvalue weighted by Gasteiger charge is -2.14. The molecule has 0 saturated heterocycles. The molecule has 20 heavy (non-hydrogen) atoms. The summed E-state index contributed by atoms with van der Waals surface area (Å²) in [6, 6.07) is 3.64. The van der Waals surface area contributed by atoms with Crippen molar-refractivity contribution in [2.45, 2.75) is 13.5 Å². The van der Waals surface area contributed by atoms with Crippen LogP contribution in [0.3, 0.4) is 0 Å². The number of halogens is 2. The zero-order chi connectivity index (χ0) is 14.1. The fourth-order valence-electron chi connectivity index (χ4n) is 1.55. The normalized spacial score (nSPS) is 9.50. The highest BCUT2D eigenvalue weighted by molar-refractivity contribution is 6.32. The van der Waals surface area contributed by atoms with Crippen LogP contribution >= 0.6 is 24.0 Å². The number of rotatable bonds is 8. The molecule has 2 N–H and O–H groups in total. The first-order chi connectivity index (χ1) is 9.22. The molecule has 0 heterocycles. The summed E-state index contributed by atoms with van der Waals surface area (Å²) in [6.45, 7) is 3.75. The second kappa shape index (κ2) is 10.6.